The number of amides is 6. The zero-order chi connectivity index (χ0) is 53.0. The number of imidazole rings is 1. The molecule has 1 aromatic rings. The van der Waals surface area contributed by atoms with Crippen LogP contribution in [0, 0.1) is 11.8 Å². The molecule has 0 radical (unpaired) electrons. The summed E-state index contributed by atoms with van der Waals surface area (Å²) in [6, 6.07) is -7.29. The van der Waals surface area contributed by atoms with E-state index in [0.29, 0.717) is 74.5 Å². The molecule has 1 rings (SSSR count). The standard InChI is InChI=1S/C44H89N19O7/c1-26(2)21-33(39(68)57-28(24-64)13-10-17-53-42(46)47)61-41(70)35(27(3)4)62-38(67)31(15-8-9-20-63(5,6)7)58-37(66)32(16-12-19-55-44(50)51)59-40(69)34(22-29-23-52-25-56-29)60-36(65)30(45)14-11-18-54-43(48)49/h23-28,30-35,42-44,53-55H,8-22,45-51H2,1-7H3,(H6-,52,56,57,58,59,60,61,62,65,66,67,68,69,70)/p+2/t28-,30-,31-,32-,33-,34-,35-/m0/s1. The highest BCUT2D eigenvalue weighted by Crippen LogP contribution is 2.12. The van der Waals surface area contributed by atoms with Gasteiger partial charge in [-0.1, -0.05) is 27.7 Å². The fraction of sp³-hybridized carbons (Fsp3) is 0.773. The lowest BCUT2D eigenvalue weighted by Gasteiger charge is -2.29. The highest BCUT2D eigenvalue weighted by molar-refractivity contribution is 5.97. The van der Waals surface area contributed by atoms with Crippen LogP contribution in [0.3, 0.4) is 0 Å². The van der Waals surface area contributed by atoms with Crippen molar-refractivity contribution in [2.45, 2.75) is 159 Å². The van der Waals surface area contributed by atoms with Crippen molar-refractivity contribution < 1.29 is 43.8 Å². The number of carbonyl (C=O) groups is 7. The van der Waals surface area contributed by atoms with Crippen LogP contribution in [0.5, 0.6) is 0 Å². The van der Waals surface area contributed by atoms with E-state index in [9.17, 15) is 33.6 Å². The van der Waals surface area contributed by atoms with Crippen molar-refractivity contribution in [1.82, 2.24) is 57.8 Å². The molecule has 26 nitrogen and oxygen atoms in total. The molecule has 0 aromatic carbocycles. The number of nitrogens with zero attached hydrogens (tertiary/aromatic N) is 2. The first-order chi connectivity index (χ1) is 32.8. The van der Waals surface area contributed by atoms with Crippen molar-refractivity contribution in [2.75, 3.05) is 47.3 Å². The molecular formula is C44H91N19O7+2. The van der Waals surface area contributed by atoms with Gasteiger partial charge in [-0.15, -0.1) is 0 Å². The normalized spacial score (nSPS) is 15.0. The van der Waals surface area contributed by atoms with Gasteiger partial charge in [-0.05, 0) is 89.3 Å². The van der Waals surface area contributed by atoms with Crippen LogP contribution in [-0.2, 0) is 40.0 Å². The summed E-state index contributed by atoms with van der Waals surface area (Å²) in [7, 11) is 6.12. The van der Waals surface area contributed by atoms with Gasteiger partial charge in [0.1, 0.15) is 55.4 Å². The molecule has 26 heteroatoms. The maximum atomic E-state index is 14.4. The third kappa shape index (κ3) is 28.2. The minimum Gasteiger partial charge on any atom is -0.348 e. The second kappa shape index (κ2) is 33.8. The number of hydrogen-bond donors (Lipinski definition) is 17. The second-order valence-electron chi connectivity index (χ2n) is 19.7. The van der Waals surface area contributed by atoms with Crippen molar-refractivity contribution in [3.63, 3.8) is 0 Å². The van der Waals surface area contributed by atoms with Gasteiger partial charge in [0, 0.05) is 24.7 Å². The molecule has 0 aliphatic carbocycles. The number of hydrogen-bond acceptors (Lipinski definition) is 17. The first kappa shape index (κ1) is 63.3. The molecule has 0 saturated carbocycles. The maximum absolute atomic E-state index is 14.4. The molecule has 0 fully saturated rings. The van der Waals surface area contributed by atoms with Crippen molar-refractivity contribution in [3.8, 4) is 0 Å². The van der Waals surface area contributed by atoms with Gasteiger partial charge in [0.25, 0.3) is 5.91 Å². The molecule has 0 aliphatic rings. The Balaban J connectivity index is 3.45. The number of rotatable bonds is 38. The highest BCUT2D eigenvalue weighted by atomic mass is 16.2. The van der Waals surface area contributed by atoms with Crippen molar-refractivity contribution in [1.29, 1.82) is 0 Å². The Hall–Kier alpha value is -4.74. The lowest BCUT2D eigenvalue weighted by atomic mass is 9.98. The van der Waals surface area contributed by atoms with E-state index in [1.807, 2.05) is 35.0 Å². The molecule has 1 heterocycles. The minimum absolute atomic E-state index is 0.00164. The average Bonchev–Trinajstić information content (AvgIpc) is 3.78. The third-order valence-corrected chi connectivity index (χ3v) is 11.1. The number of aromatic nitrogens is 2. The first-order valence-electron chi connectivity index (χ1n) is 24.4. The van der Waals surface area contributed by atoms with Gasteiger partial charge >= 0.3 is 0 Å². The number of unbranched alkanes of at least 4 members (excludes halogenated alkanes) is 1. The van der Waals surface area contributed by atoms with E-state index in [1.54, 1.807) is 13.8 Å². The number of quaternary nitrogens is 2. The van der Waals surface area contributed by atoms with E-state index in [0.717, 1.165) is 6.54 Å². The van der Waals surface area contributed by atoms with E-state index >= 15 is 0 Å². The minimum atomic E-state index is -1.21. The number of carbonyl (C=O) groups excluding carboxylic acids is 7. The van der Waals surface area contributed by atoms with Crippen LogP contribution >= 0.6 is 0 Å². The summed E-state index contributed by atoms with van der Waals surface area (Å²) < 4.78 is 0.664. The number of nitrogens with one attached hydrogen (secondary N) is 10. The van der Waals surface area contributed by atoms with Crippen LogP contribution < -0.4 is 88.0 Å². The summed E-state index contributed by atoms with van der Waals surface area (Å²) in [5.41, 5.74) is 38.1. The molecule has 70 heavy (non-hydrogen) atoms. The van der Waals surface area contributed by atoms with Gasteiger partial charge in [0.05, 0.1) is 40.1 Å². The smallest absolute Gasteiger partial charge is 0.278 e. The van der Waals surface area contributed by atoms with E-state index in [-0.39, 0.29) is 38.1 Å². The van der Waals surface area contributed by atoms with Gasteiger partial charge < -0.3 is 86.3 Å². The number of H-pyrrole nitrogens is 1. The molecule has 0 aliphatic heterocycles. The Morgan fingerprint density at radius 3 is 1.57 bits per heavy atom. The van der Waals surface area contributed by atoms with E-state index in [1.165, 1.54) is 12.5 Å². The molecule has 0 saturated heterocycles. The van der Waals surface area contributed by atoms with Gasteiger partial charge in [-0.3, -0.25) is 44.7 Å². The number of aromatic amines is 1. The highest BCUT2D eigenvalue weighted by Gasteiger charge is 2.35. The zero-order valence-corrected chi connectivity index (χ0v) is 42.7. The molecule has 1 aromatic heterocycles. The van der Waals surface area contributed by atoms with Crippen LogP contribution in [0.4, 0.5) is 0 Å². The van der Waals surface area contributed by atoms with Crippen LogP contribution in [0.25, 0.3) is 0 Å². The van der Waals surface area contributed by atoms with Crippen LogP contribution in [-0.4, -0.2) is 165 Å². The molecule has 6 amide bonds. The second-order valence-corrected chi connectivity index (χ2v) is 19.7. The molecule has 0 bridgehead atoms. The Morgan fingerprint density at radius 2 is 1.09 bits per heavy atom. The lowest BCUT2D eigenvalue weighted by molar-refractivity contribution is -0.870. The molecule has 0 spiro atoms. The zero-order valence-electron chi connectivity index (χ0n) is 42.7. The Kier molecular flexibility index (Phi) is 30.5. The van der Waals surface area contributed by atoms with Gasteiger partial charge in [-0.2, -0.15) is 0 Å². The van der Waals surface area contributed by atoms with Crippen LogP contribution in [0.1, 0.15) is 97.6 Å². The SMILES string of the molecule is CC(C)C[C@H](NC(=O)[C@@H](NC(=O)[C@H](CCCC[N+](C)(C)C)NC(=O)[C@H](CCCNC(N)N)NC(=O)[C@H](Cc1cnc[nH]1)NC(=O)[C@@H]([NH3+])CCCNC(N)N)C(C)C)C(=O)N[C@H](C=O)CCCNC(N)N. The quantitative estimate of drug-likeness (QED) is 0.0127. The predicted octanol–water partition coefficient (Wildman–Crippen LogP) is -6.04. The van der Waals surface area contributed by atoms with E-state index < -0.39 is 103 Å². The van der Waals surface area contributed by atoms with Crippen LogP contribution in [0.15, 0.2) is 12.5 Å². The van der Waals surface area contributed by atoms with Crippen molar-refractivity contribution in [2.24, 2.45) is 46.2 Å². The van der Waals surface area contributed by atoms with E-state index in [4.69, 9.17) is 34.4 Å². The molecule has 402 valence electrons. The largest absolute Gasteiger partial charge is 0.348 e. The summed E-state index contributed by atoms with van der Waals surface area (Å²) in [4.78, 5) is 103. The van der Waals surface area contributed by atoms with E-state index in [2.05, 4.69) is 63.6 Å². The maximum Gasteiger partial charge on any atom is 0.278 e. The number of nitrogens with two attached hydrogens (primary N) is 6. The van der Waals surface area contributed by atoms with Gasteiger partial charge in [-0.25, -0.2) is 4.98 Å². The average molecular weight is 998 g/mol. The molecular weight excluding hydrogens is 907 g/mol. The Bertz CT molecular complexity index is 1690. The Morgan fingerprint density at radius 1 is 0.614 bits per heavy atom. The first-order valence-corrected chi connectivity index (χ1v) is 24.4. The monoisotopic (exact) mass is 998 g/mol. The van der Waals surface area contributed by atoms with Gasteiger partial charge in [0.2, 0.25) is 29.5 Å². The topological polar surface area (TPSA) is 440 Å². The summed E-state index contributed by atoms with van der Waals surface area (Å²) in [5.74, 6) is -4.22. The van der Waals surface area contributed by atoms with Crippen molar-refractivity contribution >= 4 is 41.7 Å². The molecule has 7 atom stereocenters. The Labute approximate surface area is 413 Å². The van der Waals surface area contributed by atoms with Crippen molar-refractivity contribution in [3.05, 3.63) is 18.2 Å². The predicted molar refractivity (Wildman–Crippen MR) is 266 cm³/mol. The fourth-order valence-electron chi connectivity index (χ4n) is 7.26. The third-order valence-electron chi connectivity index (χ3n) is 11.1. The summed E-state index contributed by atoms with van der Waals surface area (Å²) in [6.07, 6.45) is 5.03. The van der Waals surface area contributed by atoms with Crippen LogP contribution in [0.2, 0.25) is 0 Å². The summed E-state index contributed by atoms with van der Waals surface area (Å²) >= 11 is 0. The number of aldehydes is 1. The molecule has 25 N–H and O–H groups in total. The lowest BCUT2D eigenvalue weighted by Crippen LogP contribution is -2.69. The molecule has 0 unspecified atom stereocenters. The van der Waals surface area contributed by atoms with Gasteiger partial charge in [0.15, 0.2) is 6.04 Å². The fourth-order valence-corrected chi connectivity index (χ4v) is 7.26. The summed E-state index contributed by atoms with van der Waals surface area (Å²) in [6.45, 7) is 9.16. The summed E-state index contributed by atoms with van der Waals surface area (Å²) in [5, 5.41) is 25.3.